The number of hydrogen-bond donors (Lipinski definition) is 0. The van der Waals surface area contributed by atoms with E-state index in [-0.39, 0.29) is 12.5 Å². The monoisotopic (exact) mass is 402 g/mol. The van der Waals surface area contributed by atoms with Crippen LogP contribution in [0.3, 0.4) is 0 Å². The Morgan fingerprint density at radius 2 is 1.55 bits per heavy atom. The lowest BCUT2D eigenvalue weighted by molar-refractivity contribution is -0.143. The van der Waals surface area contributed by atoms with Crippen molar-refractivity contribution in [2.75, 3.05) is 20.8 Å². The highest BCUT2D eigenvalue weighted by atomic mass is 16.6. The van der Waals surface area contributed by atoms with Crippen LogP contribution in [0.25, 0.3) is 0 Å². The van der Waals surface area contributed by atoms with Crippen molar-refractivity contribution in [3.8, 4) is 11.5 Å². The standard InChI is InChI=1S/C23H34N2O4/c1-27-21-14-13-18(15-22(21)28-2)16-24-29-17-23(26)25(19-9-5-3-6-10-19)20-11-7-4-8-12-20/h13-16,19-20H,3-12,17H2,1-2H3/b24-16-. The number of carbonyl (C=O) groups excluding carboxylic acids is 1. The van der Waals surface area contributed by atoms with Gasteiger partial charge in [0.05, 0.1) is 20.4 Å². The van der Waals surface area contributed by atoms with Crippen molar-refractivity contribution in [1.29, 1.82) is 0 Å². The van der Waals surface area contributed by atoms with Gasteiger partial charge in [0.1, 0.15) is 0 Å². The average molecular weight is 403 g/mol. The fraction of sp³-hybridized carbons (Fsp3) is 0.652. The molecule has 1 aromatic rings. The number of rotatable bonds is 8. The second-order valence-electron chi connectivity index (χ2n) is 8.01. The molecule has 1 amide bonds. The Hall–Kier alpha value is -2.24. The molecular formula is C23H34N2O4. The molecule has 0 aromatic heterocycles. The van der Waals surface area contributed by atoms with Crippen LogP contribution in [0.4, 0.5) is 0 Å². The molecule has 160 valence electrons. The van der Waals surface area contributed by atoms with E-state index in [4.69, 9.17) is 14.3 Å². The molecule has 0 aliphatic heterocycles. The molecule has 6 heteroatoms. The summed E-state index contributed by atoms with van der Waals surface area (Å²) in [5.41, 5.74) is 0.825. The van der Waals surface area contributed by atoms with Gasteiger partial charge in [0.15, 0.2) is 18.1 Å². The normalized spacial score (nSPS) is 18.6. The summed E-state index contributed by atoms with van der Waals surface area (Å²) in [4.78, 5) is 20.6. The van der Waals surface area contributed by atoms with Crippen LogP contribution in [0, 0.1) is 0 Å². The third kappa shape index (κ3) is 5.87. The Morgan fingerprint density at radius 1 is 0.966 bits per heavy atom. The van der Waals surface area contributed by atoms with Crippen molar-refractivity contribution in [1.82, 2.24) is 4.90 Å². The summed E-state index contributed by atoms with van der Waals surface area (Å²) in [5.74, 6) is 1.37. The molecule has 29 heavy (non-hydrogen) atoms. The first kappa shape index (κ1) is 21.5. The molecule has 0 unspecified atom stereocenters. The lowest BCUT2D eigenvalue weighted by Crippen LogP contribution is -2.50. The van der Waals surface area contributed by atoms with Crippen LogP contribution in [0.5, 0.6) is 11.5 Å². The third-order valence-corrected chi connectivity index (χ3v) is 6.10. The molecule has 2 saturated carbocycles. The molecule has 0 bridgehead atoms. The number of benzene rings is 1. The summed E-state index contributed by atoms with van der Waals surface area (Å²) in [6.45, 7) is -0.00318. The van der Waals surface area contributed by atoms with Crippen LogP contribution < -0.4 is 9.47 Å². The van der Waals surface area contributed by atoms with Crippen LogP contribution in [-0.2, 0) is 9.63 Å². The van der Waals surface area contributed by atoms with E-state index in [0.717, 1.165) is 31.2 Å². The van der Waals surface area contributed by atoms with E-state index in [9.17, 15) is 4.79 Å². The Bertz CT molecular complexity index is 661. The van der Waals surface area contributed by atoms with Gasteiger partial charge in [-0.15, -0.1) is 0 Å². The van der Waals surface area contributed by atoms with Crippen molar-refractivity contribution < 1.29 is 19.1 Å². The second kappa shape index (κ2) is 11.1. The highest BCUT2D eigenvalue weighted by Gasteiger charge is 2.32. The molecule has 6 nitrogen and oxygen atoms in total. The third-order valence-electron chi connectivity index (χ3n) is 6.10. The molecule has 0 N–H and O–H groups in total. The number of amides is 1. The van der Waals surface area contributed by atoms with Gasteiger partial charge in [-0.1, -0.05) is 43.7 Å². The van der Waals surface area contributed by atoms with Gasteiger partial charge in [-0.05, 0) is 43.9 Å². The van der Waals surface area contributed by atoms with Gasteiger partial charge in [0, 0.05) is 17.6 Å². The predicted molar refractivity (Wildman–Crippen MR) is 114 cm³/mol. The van der Waals surface area contributed by atoms with Crippen molar-refractivity contribution >= 4 is 12.1 Å². The van der Waals surface area contributed by atoms with Crippen LogP contribution in [0.1, 0.15) is 69.8 Å². The largest absolute Gasteiger partial charge is 0.493 e. The van der Waals surface area contributed by atoms with Crippen LogP contribution in [0.15, 0.2) is 23.4 Å². The van der Waals surface area contributed by atoms with Gasteiger partial charge in [0.25, 0.3) is 5.91 Å². The molecule has 3 rings (SSSR count). The maximum Gasteiger partial charge on any atom is 0.263 e. The Kier molecular flexibility index (Phi) is 8.20. The summed E-state index contributed by atoms with van der Waals surface area (Å²) < 4.78 is 10.5. The van der Waals surface area contributed by atoms with Crippen molar-refractivity contribution in [2.24, 2.45) is 5.16 Å². The van der Waals surface area contributed by atoms with Crippen LogP contribution >= 0.6 is 0 Å². The molecule has 0 saturated heterocycles. The van der Waals surface area contributed by atoms with Crippen molar-refractivity contribution in [2.45, 2.75) is 76.3 Å². The number of oxime groups is 1. The minimum atomic E-state index is -0.00318. The molecule has 1 aromatic carbocycles. The SMILES string of the molecule is COc1ccc(/C=N\OCC(=O)N(C2CCCCC2)C2CCCCC2)cc1OC. The fourth-order valence-corrected chi connectivity index (χ4v) is 4.62. The zero-order valence-corrected chi connectivity index (χ0v) is 17.8. The number of carbonyl (C=O) groups is 1. The van der Waals surface area contributed by atoms with E-state index in [1.165, 1.54) is 38.5 Å². The smallest absolute Gasteiger partial charge is 0.263 e. The molecule has 0 heterocycles. The number of nitrogens with zero attached hydrogens (tertiary/aromatic N) is 2. The van der Waals surface area contributed by atoms with E-state index in [1.807, 2.05) is 18.2 Å². The lowest BCUT2D eigenvalue weighted by Gasteiger charge is -2.41. The van der Waals surface area contributed by atoms with Gasteiger partial charge in [-0.3, -0.25) is 4.79 Å². The second-order valence-corrected chi connectivity index (χ2v) is 8.01. The first-order chi connectivity index (χ1) is 14.2. The molecule has 0 atom stereocenters. The molecule has 2 fully saturated rings. The highest BCUT2D eigenvalue weighted by Crippen LogP contribution is 2.30. The molecule has 2 aliphatic carbocycles. The topological polar surface area (TPSA) is 60.4 Å². The maximum absolute atomic E-state index is 13.0. The zero-order chi connectivity index (χ0) is 20.5. The maximum atomic E-state index is 13.0. The molecule has 0 spiro atoms. The minimum Gasteiger partial charge on any atom is -0.493 e. The van der Waals surface area contributed by atoms with E-state index in [2.05, 4.69) is 10.1 Å². The summed E-state index contributed by atoms with van der Waals surface area (Å²) in [7, 11) is 3.20. The summed E-state index contributed by atoms with van der Waals surface area (Å²) >= 11 is 0. The van der Waals surface area contributed by atoms with Crippen LogP contribution in [-0.4, -0.2) is 49.9 Å². The first-order valence-corrected chi connectivity index (χ1v) is 10.9. The number of hydrogen-bond acceptors (Lipinski definition) is 5. The van der Waals surface area contributed by atoms with Gasteiger partial charge in [0.2, 0.25) is 0 Å². The summed E-state index contributed by atoms with van der Waals surface area (Å²) in [6, 6.07) is 6.26. The minimum absolute atomic E-state index is 0.00318. The van der Waals surface area contributed by atoms with Gasteiger partial charge >= 0.3 is 0 Å². The number of methoxy groups -OCH3 is 2. The van der Waals surface area contributed by atoms with Gasteiger partial charge < -0.3 is 19.2 Å². The van der Waals surface area contributed by atoms with E-state index < -0.39 is 0 Å². The van der Waals surface area contributed by atoms with E-state index >= 15 is 0 Å². The Labute approximate surface area is 174 Å². The lowest BCUT2D eigenvalue weighted by atomic mass is 9.88. The summed E-state index contributed by atoms with van der Waals surface area (Å²) in [5, 5.41) is 4.02. The zero-order valence-electron chi connectivity index (χ0n) is 17.8. The Balaban J connectivity index is 1.58. The first-order valence-electron chi connectivity index (χ1n) is 10.9. The quantitative estimate of drug-likeness (QED) is 0.473. The van der Waals surface area contributed by atoms with E-state index in [1.54, 1.807) is 20.4 Å². The van der Waals surface area contributed by atoms with Crippen molar-refractivity contribution in [3.05, 3.63) is 23.8 Å². The average Bonchev–Trinajstić information content (AvgIpc) is 2.78. The predicted octanol–water partition coefficient (Wildman–Crippen LogP) is 4.55. The number of ether oxygens (including phenoxy) is 2. The van der Waals surface area contributed by atoms with Crippen LogP contribution in [0.2, 0.25) is 0 Å². The van der Waals surface area contributed by atoms with Crippen molar-refractivity contribution in [3.63, 3.8) is 0 Å². The Morgan fingerprint density at radius 3 is 2.10 bits per heavy atom. The fourth-order valence-electron chi connectivity index (χ4n) is 4.62. The van der Waals surface area contributed by atoms with Gasteiger partial charge in [-0.2, -0.15) is 0 Å². The molecular weight excluding hydrogens is 368 g/mol. The highest BCUT2D eigenvalue weighted by molar-refractivity contribution is 5.81. The molecule has 0 radical (unpaired) electrons. The molecule has 2 aliphatic rings. The summed E-state index contributed by atoms with van der Waals surface area (Å²) in [6.07, 6.45) is 13.5. The van der Waals surface area contributed by atoms with Gasteiger partial charge in [-0.25, -0.2) is 0 Å². The van der Waals surface area contributed by atoms with E-state index in [0.29, 0.717) is 23.6 Å².